The predicted octanol–water partition coefficient (Wildman–Crippen LogP) is 1.23. The first-order chi connectivity index (χ1) is 9.10. The smallest absolute Gasteiger partial charge is 0.320 e. The zero-order valence-corrected chi connectivity index (χ0v) is 11.2. The van der Waals surface area contributed by atoms with Gasteiger partial charge in [0.2, 0.25) is 5.91 Å². The highest BCUT2D eigenvalue weighted by atomic mass is 16.5. The lowest BCUT2D eigenvalue weighted by Crippen LogP contribution is -2.75. The number of β-lactam (4-membered cyclic amide) rings is 1. The normalized spacial score (nSPS) is 32.8. The fourth-order valence-electron chi connectivity index (χ4n) is 3.59. The average molecular weight is 265 g/mol. The molecule has 2 atom stereocenters. The van der Waals surface area contributed by atoms with Crippen LogP contribution in [0.4, 0.5) is 0 Å². The fraction of sp³-hybridized carbons (Fsp3) is 0.714. The maximum absolute atomic E-state index is 12.3. The van der Waals surface area contributed by atoms with Gasteiger partial charge in [0.25, 0.3) is 0 Å². The summed E-state index contributed by atoms with van der Waals surface area (Å²) in [5.41, 5.74) is 0.303. The van der Waals surface area contributed by atoms with Crippen molar-refractivity contribution in [2.24, 2.45) is 5.92 Å². The van der Waals surface area contributed by atoms with E-state index in [9.17, 15) is 9.59 Å². The molecule has 104 valence electrons. The highest BCUT2D eigenvalue weighted by molar-refractivity contribution is 6.04. The molecule has 2 aliphatic heterocycles. The number of carbonyl (C=O) groups is 2. The van der Waals surface area contributed by atoms with Crippen molar-refractivity contribution in [1.29, 1.82) is 0 Å². The Labute approximate surface area is 112 Å². The van der Waals surface area contributed by atoms with Gasteiger partial charge >= 0.3 is 5.97 Å². The molecular formula is C14H19NO4. The third-order valence-corrected chi connectivity index (χ3v) is 4.57. The van der Waals surface area contributed by atoms with Gasteiger partial charge in [-0.1, -0.05) is 13.0 Å². The molecule has 2 heterocycles. The van der Waals surface area contributed by atoms with Crippen molar-refractivity contribution in [3.8, 4) is 0 Å². The summed E-state index contributed by atoms with van der Waals surface area (Å²) in [6.45, 7) is 4.38. The maximum Gasteiger partial charge on any atom is 0.320 e. The lowest BCUT2D eigenvalue weighted by Gasteiger charge is -2.60. The van der Waals surface area contributed by atoms with Crippen LogP contribution in [-0.4, -0.2) is 42.3 Å². The first kappa shape index (κ1) is 12.7. The second-order valence-corrected chi connectivity index (χ2v) is 5.61. The molecular weight excluding hydrogens is 246 g/mol. The molecule has 1 amide bonds. The largest absolute Gasteiger partial charge is 0.468 e. The molecule has 0 unspecified atom stereocenters. The van der Waals surface area contributed by atoms with Crippen molar-refractivity contribution < 1.29 is 19.1 Å². The Hall–Kier alpha value is -1.36. The van der Waals surface area contributed by atoms with E-state index in [0.29, 0.717) is 6.61 Å². The molecule has 19 heavy (non-hydrogen) atoms. The Bertz CT molecular complexity index is 439. The SMILES string of the molecule is C=C1COC2(CCCCC2)N2C(=O)[C@H](C(=O)OC)[C@@H]12. The van der Waals surface area contributed by atoms with Crippen molar-refractivity contribution in [1.82, 2.24) is 4.90 Å². The summed E-state index contributed by atoms with van der Waals surface area (Å²) >= 11 is 0. The molecule has 3 rings (SSSR count). The van der Waals surface area contributed by atoms with Crippen LogP contribution in [0, 0.1) is 5.92 Å². The summed E-state index contributed by atoms with van der Waals surface area (Å²) < 4.78 is 10.7. The highest BCUT2D eigenvalue weighted by Gasteiger charge is 2.63. The number of esters is 1. The number of fused-ring (bicyclic) bond motifs is 2. The monoisotopic (exact) mass is 265 g/mol. The van der Waals surface area contributed by atoms with Crippen LogP contribution in [0.15, 0.2) is 12.2 Å². The van der Waals surface area contributed by atoms with Crippen LogP contribution >= 0.6 is 0 Å². The van der Waals surface area contributed by atoms with Crippen LogP contribution in [0.3, 0.4) is 0 Å². The molecule has 5 heteroatoms. The second kappa shape index (κ2) is 4.34. The fourth-order valence-corrected chi connectivity index (χ4v) is 3.59. The van der Waals surface area contributed by atoms with Gasteiger partial charge < -0.3 is 14.4 Å². The second-order valence-electron chi connectivity index (χ2n) is 5.61. The van der Waals surface area contributed by atoms with Crippen LogP contribution in [0.2, 0.25) is 0 Å². The molecule has 1 saturated carbocycles. The lowest BCUT2D eigenvalue weighted by atomic mass is 9.75. The van der Waals surface area contributed by atoms with Crippen LogP contribution in [-0.2, 0) is 19.1 Å². The minimum Gasteiger partial charge on any atom is -0.468 e. The molecule has 0 N–H and O–H groups in total. The molecule has 1 aliphatic carbocycles. The molecule has 1 spiro atoms. The first-order valence-electron chi connectivity index (χ1n) is 6.83. The number of ether oxygens (including phenoxy) is 2. The van der Waals surface area contributed by atoms with Gasteiger partial charge in [-0.3, -0.25) is 9.59 Å². The number of nitrogens with zero attached hydrogens (tertiary/aromatic N) is 1. The first-order valence-corrected chi connectivity index (χ1v) is 6.83. The average Bonchev–Trinajstić information content (AvgIpc) is 2.42. The van der Waals surface area contributed by atoms with Gasteiger partial charge in [0.1, 0.15) is 5.72 Å². The summed E-state index contributed by atoms with van der Waals surface area (Å²) in [6, 6.07) is -0.230. The Morgan fingerprint density at radius 1 is 1.42 bits per heavy atom. The van der Waals surface area contributed by atoms with E-state index in [4.69, 9.17) is 9.47 Å². The summed E-state index contributed by atoms with van der Waals surface area (Å²) in [6.07, 6.45) is 5.02. The van der Waals surface area contributed by atoms with Gasteiger partial charge in [-0.2, -0.15) is 0 Å². The van der Waals surface area contributed by atoms with Gasteiger partial charge in [-0.15, -0.1) is 0 Å². The Morgan fingerprint density at radius 3 is 2.74 bits per heavy atom. The van der Waals surface area contributed by atoms with E-state index >= 15 is 0 Å². The van der Waals surface area contributed by atoms with Gasteiger partial charge in [0, 0.05) is 0 Å². The Kier molecular flexibility index (Phi) is 2.89. The molecule has 3 aliphatic rings. The zero-order chi connectivity index (χ0) is 13.6. The van der Waals surface area contributed by atoms with E-state index < -0.39 is 17.6 Å². The lowest BCUT2D eigenvalue weighted by molar-refractivity contribution is -0.240. The standard InChI is InChI=1S/C14H19NO4/c1-9-8-19-14(6-4-3-5-7-14)15-11(9)10(12(15)16)13(17)18-2/h10-11H,1,3-8H2,2H3/t10-,11-/m1/s1. The molecule has 0 bridgehead atoms. The van der Waals surface area contributed by atoms with E-state index in [2.05, 4.69) is 6.58 Å². The third-order valence-electron chi connectivity index (χ3n) is 4.57. The summed E-state index contributed by atoms with van der Waals surface area (Å²) in [5, 5.41) is 0. The number of hydrogen-bond donors (Lipinski definition) is 0. The summed E-state index contributed by atoms with van der Waals surface area (Å²) in [5.74, 6) is -1.33. The Morgan fingerprint density at radius 2 is 2.11 bits per heavy atom. The summed E-state index contributed by atoms with van der Waals surface area (Å²) in [4.78, 5) is 25.8. The highest BCUT2D eigenvalue weighted by Crippen LogP contribution is 2.48. The molecule has 0 aromatic rings. The van der Waals surface area contributed by atoms with E-state index in [1.54, 1.807) is 4.90 Å². The molecule has 2 saturated heterocycles. The van der Waals surface area contributed by atoms with Gasteiger partial charge in [0.05, 0.1) is 19.8 Å². The number of carbonyl (C=O) groups excluding carboxylic acids is 2. The van der Waals surface area contributed by atoms with E-state index in [0.717, 1.165) is 31.3 Å². The van der Waals surface area contributed by atoms with Crippen molar-refractivity contribution >= 4 is 11.9 Å². The van der Waals surface area contributed by atoms with Crippen LogP contribution in [0.25, 0.3) is 0 Å². The molecule has 5 nitrogen and oxygen atoms in total. The van der Waals surface area contributed by atoms with Crippen molar-refractivity contribution in [2.45, 2.75) is 43.9 Å². The maximum atomic E-state index is 12.3. The van der Waals surface area contributed by atoms with Gasteiger partial charge in [0.15, 0.2) is 5.92 Å². The number of hydrogen-bond acceptors (Lipinski definition) is 4. The molecule has 0 radical (unpaired) electrons. The Balaban J connectivity index is 1.89. The van der Waals surface area contributed by atoms with E-state index in [-0.39, 0.29) is 11.9 Å². The number of methoxy groups -OCH3 is 1. The number of rotatable bonds is 1. The van der Waals surface area contributed by atoms with Crippen LogP contribution < -0.4 is 0 Å². The van der Waals surface area contributed by atoms with Crippen LogP contribution in [0.1, 0.15) is 32.1 Å². The minimum atomic E-state index is -0.708. The van der Waals surface area contributed by atoms with Gasteiger partial charge in [-0.05, 0) is 31.3 Å². The molecule has 3 fully saturated rings. The predicted molar refractivity (Wildman–Crippen MR) is 67.0 cm³/mol. The van der Waals surface area contributed by atoms with E-state index in [1.165, 1.54) is 13.5 Å². The topological polar surface area (TPSA) is 55.8 Å². The number of amides is 1. The molecule has 0 aromatic heterocycles. The van der Waals surface area contributed by atoms with Crippen molar-refractivity contribution in [3.63, 3.8) is 0 Å². The molecule has 0 aromatic carbocycles. The minimum absolute atomic E-state index is 0.167. The quantitative estimate of drug-likeness (QED) is 0.310. The zero-order valence-electron chi connectivity index (χ0n) is 11.2. The van der Waals surface area contributed by atoms with Crippen molar-refractivity contribution in [3.05, 3.63) is 12.2 Å². The van der Waals surface area contributed by atoms with E-state index in [1.807, 2.05) is 0 Å². The van der Waals surface area contributed by atoms with Crippen LogP contribution in [0.5, 0.6) is 0 Å². The third kappa shape index (κ3) is 1.64. The van der Waals surface area contributed by atoms with Gasteiger partial charge in [-0.25, -0.2) is 0 Å². The summed E-state index contributed by atoms with van der Waals surface area (Å²) in [7, 11) is 1.32. The van der Waals surface area contributed by atoms with Crippen molar-refractivity contribution in [2.75, 3.05) is 13.7 Å².